The first kappa shape index (κ1) is 13.1. The second-order valence-corrected chi connectivity index (χ2v) is 5.70. The zero-order valence-electron chi connectivity index (χ0n) is 11.4. The van der Waals surface area contributed by atoms with Crippen molar-refractivity contribution in [3.63, 3.8) is 0 Å². The Balaban J connectivity index is 2.26. The van der Waals surface area contributed by atoms with E-state index in [1.807, 2.05) is 4.68 Å². The molecule has 0 radical (unpaired) electrons. The summed E-state index contributed by atoms with van der Waals surface area (Å²) < 4.78 is 1.99. The normalized spacial score (nSPS) is 17.1. The third-order valence-corrected chi connectivity index (χ3v) is 3.74. The van der Waals surface area contributed by atoms with Crippen molar-refractivity contribution in [2.24, 2.45) is 17.6 Å². The molecule has 1 atom stereocenters. The van der Waals surface area contributed by atoms with Crippen molar-refractivity contribution in [3.05, 3.63) is 11.4 Å². The van der Waals surface area contributed by atoms with Crippen LogP contribution >= 0.6 is 0 Å². The highest BCUT2D eigenvalue weighted by molar-refractivity contribution is 5.76. The lowest BCUT2D eigenvalue weighted by atomic mass is 10.0. The molecule has 100 valence electrons. The fourth-order valence-corrected chi connectivity index (χ4v) is 2.06. The molecule has 2 N–H and O–H groups in total. The van der Waals surface area contributed by atoms with E-state index >= 15 is 0 Å². The largest absolute Gasteiger partial charge is 0.369 e. The lowest BCUT2D eigenvalue weighted by Crippen LogP contribution is -2.18. The van der Waals surface area contributed by atoms with Gasteiger partial charge >= 0.3 is 0 Å². The van der Waals surface area contributed by atoms with E-state index in [2.05, 4.69) is 31.1 Å². The van der Waals surface area contributed by atoms with Gasteiger partial charge in [-0.3, -0.25) is 4.79 Å². The highest BCUT2D eigenvalue weighted by Gasteiger charge is 2.28. The van der Waals surface area contributed by atoms with E-state index in [9.17, 15) is 4.79 Å². The molecule has 1 amide bonds. The number of carbonyl (C=O) groups is 1. The summed E-state index contributed by atoms with van der Waals surface area (Å²) in [6, 6.07) is 0.299. The van der Waals surface area contributed by atoms with Crippen molar-refractivity contribution >= 4 is 5.91 Å². The van der Waals surface area contributed by atoms with Crippen molar-refractivity contribution in [3.8, 4) is 0 Å². The van der Waals surface area contributed by atoms with Gasteiger partial charge in [0.15, 0.2) is 0 Å². The van der Waals surface area contributed by atoms with Gasteiger partial charge in [-0.15, -0.1) is 5.10 Å². The Bertz CT molecular complexity index is 434. The summed E-state index contributed by atoms with van der Waals surface area (Å²) in [4.78, 5) is 11.1. The minimum absolute atomic E-state index is 0.201. The molecule has 0 aromatic carbocycles. The molecule has 0 aliphatic heterocycles. The summed E-state index contributed by atoms with van der Waals surface area (Å²) in [6.07, 6.45) is 3.73. The summed E-state index contributed by atoms with van der Waals surface area (Å²) in [7, 11) is 0. The number of hydrogen-bond donors (Lipinski definition) is 1. The molecule has 5 nitrogen and oxygen atoms in total. The maximum Gasteiger partial charge on any atom is 0.223 e. The van der Waals surface area contributed by atoms with Crippen LogP contribution in [0.25, 0.3) is 0 Å². The van der Waals surface area contributed by atoms with Gasteiger partial charge in [0.2, 0.25) is 5.91 Å². The van der Waals surface area contributed by atoms with Crippen LogP contribution in [0.3, 0.4) is 0 Å². The van der Waals surface area contributed by atoms with E-state index < -0.39 is 0 Å². The van der Waals surface area contributed by atoms with Gasteiger partial charge in [0.05, 0.1) is 23.9 Å². The van der Waals surface area contributed by atoms with E-state index in [1.165, 1.54) is 12.8 Å². The lowest BCUT2D eigenvalue weighted by Gasteiger charge is -2.18. The average Bonchev–Trinajstić information content (AvgIpc) is 3.01. The first-order chi connectivity index (χ1) is 8.49. The SMILES string of the molecule is CC(C)C(C)n1nnc(CC(N)=O)c1CC1CC1. The molecule has 5 heteroatoms. The van der Waals surface area contributed by atoms with Crippen LogP contribution in [0.1, 0.15) is 51.0 Å². The summed E-state index contributed by atoms with van der Waals surface area (Å²) in [6.45, 7) is 6.48. The van der Waals surface area contributed by atoms with Crippen LogP contribution in [0, 0.1) is 11.8 Å². The zero-order valence-corrected chi connectivity index (χ0v) is 11.4. The van der Waals surface area contributed by atoms with E-state index in [1.54, 1.807) is 0 Å². The predicted molar refractivity (Wildman–Crippen MR) is 68.9 cm³/mol. The Kier molecular flexibility index (Phi) is 3.68. The Morgan fingerprint density at radius 1 is 1.44 bits per heavy atom. The van der Waals surface area contributed by atoms with Gasteiger partial charge in [-0.05, 0) is 38.0 Å². The smallest absolute Gasteiger partial charge is 0.223 e. The van der Waals surface area contributed by atoms with Gasteiger partial charge in [-0.2, -0.15) is 0 Å². The van der Waals surface area contributed by atoms with Gasteiger partial charge in [0.25, 0.3) is 0 Å². The standard InChI is InChI=1S/C13H22N4O/c1-8(2)9(3)17-12(6-10-4-5-10)11(15-16-17)7-13(14)18/h8-10H,4-7H2,1-3H3,(H2,14,18). The third kappa shape index (κ3) is 2.89. The van der Waals surface area contributed by atoms with Crippen LogP contribution in [-0.2, 0) is 17.6 Å². The third-order valence-electron chi connectivity index (χ3n) is 3.74. The zero-order chi connectivity index (χ0) is 13.3. The second-order valence-electron chi connectivity index (χ2n) is 5.70. The van der Waals surface area contributed by atoms with Crippen molar-refractivity contribution in [1.82, 2.24) is 15.0 Å². The molecule has 1 aliphatic rings. The van der Waals surface area contributed by atoms with Crippen LogP contribution in [0.4, 0.5) is 0 Å². The molecule has 2 rings (SSSR count). The Labute approximate surface area is 108 Å². The van der Waals surface area contributed by atoms with Gasteiger partial charge < -0.3 is 5.73 Å². The fourth-order valence-electron chi connectivity index (χ4n) is 2.06. The van der Waals surface area contributed by atoms with Crippen molar-refractivity contribution in [1.29, 1.82) is 0 Å². The lowest BCUT2D eigenvalue weighted by molar-refractivity contribution is -0.117. The van der Waals surface area contributed by atoms with Gasteiger partial charge in [0, 0.05) is 0 Å². The van der Waals surface area contributed by atoms with Crippen LogP contribution in [-0.4, -0.2) is 20.9 Å². The van der Waals surface area contributed by atoms with Crippen LogP contribution in [0.2, 0.25) is 0 Å². The Morgan fingerprint density at radius 3 is 2.61 bits per heavy atom. The maximum atomic E-state index is 11.1. The molecular formula is C13H22N4O. The molecule has 1 aliphatic carbocycles. The fraction of sp³-hybridized carbons (Fsp3) is 0.769. The van der Waals surface area contributed by atoms with E-state index in [4.69, 9.17) is 5.73 Å². The minimum atomic E-state index is -0.337. The number of nitrogens with two attached hydrogens (primary N) is 1. The number of aromatic nitrogens is 3. The monoisotopic (exact) mass is 250 g/mol. The van der Waals surface area contributed by atoms with Crippen LogP contribution in [0.15, 0.2) is 0 Å². The highest BCUT2D eigenvalue weighted by atomic mass is 16.1. The van der Waals surface area contributed by atoms with E-state index in [-0.39, 0.29) is 12.3 Å². The number of amides is 1. The van der Waals surface area contributed by atoms with Gasteiger partial charge in [-0.1, -0.05) is 19.1 Å². The molecule has 1 heterocycles. The number of rotatable bonds is 6. The van der Waals surface area contributed by atoms with E-state index in [0.29, 0.717) is 12.0 Å². The molecule has 0 bridgehead atoms. The Morgan fingerprint density at radius 2 is 2.11 bits per heavy atom. The first-order valence-electron chi connectivity index (χ1n) is 6.70. The van der Waals surface area contributed by atoms with Crippen molar-refractivity contribution in [2.45, 2.75) is 52.5 Å². The van der Waals surface area contributed by atoms with Crippen LogP contribution in [0.5, 0.6) is 0 Å². The summed E-state index contributed by atoms with van der Waals surface area (Å²) >= 11 is 0. The molecule has 0 spiro atoms. The average molecular weight is 250 g/mol. The molecule has 1 fully saturated rings. The van der Waals surface area contributed by atoms with Crippen LogP contribution < -0.4 is 5.73 Å². The number of primary amides is 1. The molecule has 1 aromatic rings. The first-order valence-corrected chi connectivity index (χ1v) is 6.70. The number of hydrogen-bond acceptors (Lipinski definition) is 3. The second kappa shape index (κ2) is 5.08. The summed E-state index contributed by atoms with van der Waals surface area (Å²) in [5.74, 6) is 0.899. The van der Waals surface area contributed by atoms with Crippen molar-refractivity contribution in [2.75, 3.05) is 0 Å². The Hall–Kier alpha value is -1.39. The molecule has 0 saturated heterocycles. The number of nitrogens with zero attached hydrogens (tertiary/aromatic N) is 3. The van der Waals surface area contributed by atoms with Crippen molar-refractivity contribution < 1.29 is 4.79 Å². The molecule has 1 aromatic heterocycles. The molecular weight excluding hydrogens is 228 g/mol. The molecule has 1 saturated carbocycles. The minimum Gasteiger partial charge on any atom is -0.369 e. The molecule has 1 unspecified atom stereocenters. The maximum absolute atomic E-state index is 11.1. The molecule has 18 heavy (non-hydrogen) atoms. The van der Waals surface area contributed by atoms with Gasteiger partial charge in [0.1, 0.15) is 0 Å². The van der Waals surface area contributed by atoms with E-state index in [0.717, 1.165) is 23.7 Å². The summed E-state index contributed by atoms with van der Waals surface area (Å²) in [5, 5.41) is 8.38. The quantitative estimate of drug-likeness (QED) is 0.831. The predicted octanol–water partition coefficient (Wildman–Crippen LogP) is 1.48. The summed E-state index contributed by atoms with van der Waals surface area (Å²) in [5.41, 5.74) is 7.14. The number of carbonyl (C=O) groups excluding carboxylic acids is 1. The topological polar surface area (TPSA) is 73.8 Å². The van der Waals surface area contributed by atoms with Gasteiger partial charge in [-0.25, -0.2) is 4.68 Å². The highest BCUT2D eigenvalue weighted by Crippen LogP contribution is 2.34.